The number of aromatic nitrogens is 4. The molecule has 0 unspecified atom stereocenters. The number of halogens is 3. The lowest BCUT2D eigenvalue weighted by atomic mass is 9.79. The van der Waals surface area contributed by atoms with Gasteiger partial charge in [0.2, 0.25) is 6.41 Å². The van der Waals surface area contributed by atoms with Crippen LogP contribution < -0.4 is 15.0 Å². The maximum atomic E-state index is 12.6. The third-order valence-corrected chi connectivity index (χ3v) is 5.85. The number of hydrogen-bond donors (Lipinski definition) is 1. The lowest BCUT2D eigenvalue weighted by Crippen LogP contribution is -2.58. The zero-order valence-electron chi connectivity index (χ0n) is 17.9. The molecule has 1 amide bonds. The van der Waals surface area contributed by atoms with Crippen LogP contribution in [-0.2, 0) is 4.79 Å². The second-order valence-electron chi connectivity index (χ2n) is 8.41. The molecule has 0 aliphatic carbocycles. The van der Waals surface area contributed by atoms with Crippen molar-refractivity contribution in [2.45, 2.75) is 12.8 Å². The normalized spacial score (nSPS) is 16.9. The van der Waals surface area contributed by atoms with Crippen molar-refractivity contribution >= 4 is 23.9 Å². The van der Waals surface area contributed by atoms with Gasteiger partial charge in [-0.05, 0) is 24.6 Å². The van der Waals surface area contributed by atoms with E-state index in [9.17, 15) is 18.0 Å². The van der Waals surface area contributed by atoms with Gasteiger partial charge in [0.05, 0.1) is 0 Å². The summed E-state index contributed by atoms with van der Waals surface area (Å²) in [6.07, 6.45) is 1.50. The van der Waals surface area contributed by atoms with Crippen molar-refractivity contribution in [3.05, 3.63) is 48.9 Å². The number of alkyl halides is 3. The molecule has 3 aromatic rings. The Bertz CT molecular complexity index is 1190. The van der Waals surface area contributed by atoms with Crippen LogP contribution >= 0.6 is 0 Å². The standard InChI is InChI=1S/C22H20F3N7O2/c23-22(24,25)34-16-3-6-27-17(8-16)28-18-9-19(30-20(29-18)15-2-1-5-26-10-15)32-12-21(13-32)4-7-31(11-21)14-33/h1-3,5-6,8-10,14H,4,7,11-13H2,(H,27,28,29,30). The van der Waals surface area contributed by atoms with Crippen LogP contribution in [0, 0.1) is 5.41 Å². The first kappa shape index (κ1) is 21.9. The third-order valence-electron chi connectivity index (χ3n) is 5.85. The van der Waals surface area contributed by atoms with Gasteiger partial charge >= 0.3 is 6.36 Å². The molecule has 0 aromatic carbocycles. The van der Waals surface area contributed by atoms with E-state index in [0.29, 0.717) is 29.6 Å². The van der Waals surface area contributed by atoms with Gasteiger partial charge in [-0.3, -0.25) is 9.78 Å². The summed E-state index contributed by atoms with van der Waals surface area (Å²) in [5, 5.41) is 2.95. The molecule has 1 spiro atoms. The van der Waals surface area contributed by atoms with Crippen LogP contribution in [0.2, 0.25) is 0 Å². The van der Waals surface area contributed by atoms with Gasteiger partial charge in [0, 0.05) is 67.9 Å². The number of likely N-dealkylation sites (tertiary alicyclic amines) is 1. The van der Waals surface area contributed by atoms with Gasteiger partial charge in [-0.25, -0.2) is 15.0 Å². The van der Waals surface area contributed by atoms with Crippen LogP contribution in [0.1, 0.15) is 6.42 Å². The van der Waals surface area contributed by atoms with Gasteiger partial charge in [-0.2, -0.15) is 0 Å². The van der Waals surface area contributed by atoms with Crippen molar-refractivity contribution in [1.29, 1.82) is 0 Å². The second kappa shape index (κ2) is 8.43. The topological polar surface area (TPSA) is 96.4 Å². The minimum absolute atomic E-state index is 0.0543. The first-order chi connectivity index (χ1) is 16.3. The highest BCUT2D eigenvalue weighted by Gasteiger charge is 2.48. The van der Waals surface area contributed by atoms with Crippen molar-refractivity contribution in [1.82, 2.24) is 24.8 Å². The maximum absolute atomic E-state index is 12.6. The van der Waals surface area contributed by atoms with Gasteiger partial charge < -0.3 is 19.9 Å². The molecular weight excluding hydrogens is 451 g/mol. The predicted molar refractivity (Wildman–Crippen MR) is 116 cm³/mol. The van der Waals surface area contributed by atoms with Crippen LogP contribution in [0.3, 0.4) is 0 Å². The van der Waals surface area contributed by atoms with Crippen LogP contribution in [0.15, 0.2) is 48.9 Å². The number of pyridine rings is 2. The third kappa shape index (κ3) is 4.70. The Morgan fingerprint density at radius 3 is 2.65 bits per heavy atom. The van der Waals surface area contributed by atoms with Gasteiger partial charge in [0.15, 0.2) is 5.82 Å². The summed E-state index contributed by atoms with van der Waals surface area (Å²) < 4.78 is 41.7. The van der Waals surface area contributed by atoms with Gasteiger partial charge in [-0.1, -0.05) is 0 Å². The van der Waals surface area contributed by atoms with Crippen molar-refractivity contribution in [2.75, 3.05) is 36.4 Å². The minimum Gasteiger partial charge on any atom is -0.406 e. The molecule has 176 valence electrons. The van der Waals surface area contributed by atoms with Crippen LogP contribution in [0.4, 0.5) is 30.6 Å². The number of ether oxygens (including phenoxy) is 1. The van der Waals surface area contributed by atoms with Crippen LogP contribution in [0.5, 0.6) is 5.75 Å². The number of amides is 1. The zero-order valence-corrected chi connectivity index (χ0v) is 17.9. The smallest absolute Gasteiger partial charge is 0.406 e. The molecule has 2 saturated heterocycles. The number of carbonyl (C=O) groups excluding carboxylic acids is 1. The Morgan fingerprint density at radius 2 is 1.94 bits per heavy atom. The summed E-state index contributed by atoms with van der Waals surface area (Å²) in [6.45, 7) is 2.95. The Hall–Kier alpha value is -3.96. The van der Waals surface area contributed by atoms with E-state index in [2.05, 4.69) is 34.9 Å². The Labute approximate surface area is 192 Å². The summed E-state index contributed by atoms with van der Waals surface area (Å²) in [6, 6.07) is 7.57. The molecular formula is C22H20F3N7O2. The molecule has 2 aliphatic heterocycles. The van der Waals surface area contributed by atoms with Gasteiger partial charge in [-0.15, -0.1) is 13.2 Å². The highest BCUT2D eigenvalue weighted by molar-refractivity contribution is 5.65. The number of hydrogen-bond acceptors (Lipinski definition) is 8. The minimum atomic E-state index is -4.80. The van der Waals surface area contributed by atoms with E-state index >= 15 is 0 Å². The zero-order chi connectivity index (χ0) is 23.8. The van der Waals surface area contributed by atoms with Crippen molar-refractivity contribution < 1.29 is 22.7 Å². The molecule has 0 bridgehead atoms. The number of carbonyl (C=O) groups is 1. The monoisotopic (exact) mass is 471 g/mol. The average Bonchev–Trinajstić information content (AvgIpc) is 3.23. The molecule has 0 atom stereocenters. The molecule has 1 N–H and O–H groups in total. The first-order valence-corrected chi connectivity index (χ1v) is 10.5. The van der Waals surface area contributed by atoms with Gasteiger partial charge in [0.1, 0.15) is 23.2 Å². The summed E-state index contributed by atoms with van der Waals surface area (Å²) in [7, 11) is 0. The van der Waals surface area contributed by atoms with E-state index in [0.717, 1.165) is 44.6 Å². The van der Waals surface area contributed by atoms with E-state index in [1.54, 1.807) is 29.4 Å². The number of rotatable bonds is 6. The average molecular weight is 471 g/mol. The fourth-order valence-corrected chi connectivity index (χ4v) is 4.34. The Morgan fingerprint density at radius 1 is 1.09 bits per heavy atom. The molecule has 12 heteroatoms. The predicted octanol–water partition coefficient (Wildman–Crippen LogP) is 3.24. The second-order valence-corrected chi connectivity index (χ2v) is 8.41. The van der Waals surface area contributed by atoms with E-state index in [-0.39, 0.29) is 11.2 Å². The fourth-order valence-electron chi connectivity index (χ4n) is 4.34. The highest BCUT2D eigenvalue weighted by Crippen LogP contribution is 2.41. The van der Waals surface area contributed by atoms with Crippen LogP contribution in [-0.4, -0.2) is 63.8 Å². The van der Waals surface area contributed by atoms with E-state index in [4.69, 9.17) is 0 Å². The number of nitrogens with zero attached hydrogens (tertiary/aromatic N) is 6. The first-order valence-electron chi connectivity index (χ1n) is 10.5. The molecule has 0 saturated carbocycles. The molecule has 5 rings (SSSR count). The summed E-state index contributed by atoms with van der Waals surface area (Å²) in [5.41, 5.74) is 0.747. The molecule has 3 aromatic heterocycles. The van der Waals surface area contributed by atoms with E-state index < -0.39 is 12.1 Å². The molecule has 9 nitrogen and oxygen atoms in total. The lowest BCUT2D eigenvalue weighted by molar-refractivity contribution is -0.274. The largest absolute Gasteiger partial charge is 0.573 e. The number of nitrogens with one attached hydrogen (secondary N) is 1. The lowest BCUT2D eigenvalue weighted by Gasteiger charge is -2.48. The van der Waals surface area contributed by atoms with Crippen LogP contribution in [0.25, 0.3) is 11.4 Å². The SMILES string of the molecule is O=CN1CCC2(C1)CN(c1cc(Nc3cc(OC(F)(F)F)ccn3)nc(-c3cccnc3)n1)C2. The van der Waals surface area contributed by atoms with Gasteiger partial charge in [0.25, 0.3) is 0 Å². The maximum Gasteiger partial charge on any atom is 0.573 e. The van der Waals surface area contributed by atoms with Crippen molar-refractivity contribution in [3.63, 3.8) is 0 Å². The molecule has 34 heavy (non-hydrogen) atoms. The number of anilines is 3. The molecule has 2 fully saturated rings. The highest BCUT2D eigenvalue weighted by atomic mass is 19.4. The summed E-state index contributed by atoms with van der Waals surface area (Å²) in [5.74, 6) is 1.19. The summed E-state index contributed by atoms with van der Waals surface area (Å²) in [4.78, 5) is 32.4. The van der Waals surface area contributed by atoms with E-state index in [1.165, 1.54) is 6.20 Å². The fraction of sp³-hybridized carbons (Fsp3) is 0.318. The van der Waals surface area contributed by atoms with Crippen molar-refractivity contribution in [2.24, 2.45) is 5.41 Å². The Balaban J connectivity index is 1.41. The molecule has 5 heterocycles. The van der Waals surface area contributed by atoms with Crippen molar-refractivity contribution in [3.8, 4) is 17.1 Å². The quantitative estimate of drug-likeness (QED) is 0.548. The molecule has 0 radical (unpaired) electrons. The molecule has 2 aliphatic rings. The summed E-state index contributed by atoms with van der Waals surface area (Å²) >= 11 is 0. The van der Waals surface area contributed by atoms with E-state index in [1.807, 2.05) is 6.07 Å². The Kier molecular flexibility index (Phi) is 5.42.